The smallest absolute Gasteiger partial charge is 0.135 e. The van der Waals surface area contributed by atoms with E-state index >= 15 is 0 Å². The van der Waals surface area contributed by atoms with Crippen LogP contribution in [-0.4, -0.2) is 11.0 Å². The molecular weight excluding hydrogens is 140 g/mol. The molecular formula is C6H3ClO2. The maximum Gasteiger partial charge on any atom is 0.135 e. The lowest BCUT2D eigenvalue weighted by Gasteiger charge is -1.83. The molecule has 9 heavy (non-hydrogen) atoms. The highest BCUT2D eigenvalue weighted by Gasteiger charge is 2.08. The minimum atomic E-state index is -0.0741. The normalized spacial score (nSPS) is 16.8. The summed E-state index contributed by atoms with van der Waals surface area (Å²) >= 11 is 5.38. The number of hydrogen-bond acceptors (Lipinski definition) is 2. The molecule has 0 atom stereocenters. The predicted octanol–water partition coefficient (Wildman–Crippen LogP) is 1.32. The van der Waals surface area contributed by atoms with Crippen molar-refractivity contribution < 1.29 is 9.90 Å². The second-order valence-corrected chi connectivity index (χ2v) is 1.99. The van der Waals surface area contributed by atoms with E-state index in [0.29, 0.717) is 0 Å². The molecule has 0 unspecified atom stereocenters. The van der Waals surface area contributed by atoms with E-state index in [1.807, 2.05) is 0 Å². The zero-order valence-electron chi connectivity index (χ0n) is 4.39. The molecule has 1 aliphatic carbocycles. The van der Waals surface area contributed by atoms with Crippen LogP contribution in [0.25, 0.3) is 0 Å². The number of carbonyl (C=O) groups excluding carboxylic acids is 1. The van der Waals surface area contributed by atoms with E-state index in [1.165, 1.54) is 12.2 Å². The Morgan fingerprint density at radius 3 is 2.44 bits per heavy atom. The Morgan fingerprint density at radius 2 is 2.22 bits per heavy atom. The molecule has 1 N–H and O–H groups in total. The van der Waals surface area contributed by atoms with Crippen LogP contribution in [0.4, 0.5) is 0 Å². The summed E-state index contributed by atoms with van der Waals surface area (Å²) in [6.07, 6.45) is 2.61. The van der Waals surface area contributed by atoms with Crippen LogP contribution in [-0.2, 0) is 4.79 Å². The van der Waals surface area contributed by atoms with Crippen molar-refractivity contribution in [1.82, 2.24) is 0 Å². The van der Waals surface area contributed by atoms with Crippen LogP contribution in [0.5, 0.6) is 0 Å². The van der Waals surface area contributed by atoms with E-state index in [9.17, 15) is 4.79 Å². The van der Waals surface area contributed by atoms with Gasteiger partial charge in [-0.25, -0.2) is 4.79 Å². The number of halogens is 1. The van der Waals surface area contributed by atoms with Crippen molar-refractivity contribution >= 4 is 17.5 Å². The summed E-state index contributed by atoms with van der Waals surface area (Å²) in [6.45, 7) is 0. The summed E-state index contributed by atoms with van der Waals surface area (Å²) in [5, 5.41) is 8.95. The van der Waals surface area contributed by atoms with Crippen molar-refractivity contribution in [3.05, 3.63) is 28.5 Å². The summed E-state index contributed by atoms with van der Waals surface area (Å²) in [5.41, 5.74) is 0.275. The Labute approximate surface area is 56.7 Å². The first-order valence-electron chi connectivity index (χ1n) is 2.27. The van der Waals surface area contributed by atoms with Crippen LogP contribution in [0.15, 0.2) is 28.5 Å². The molecule has 0 amide bonds. The van der Waals surface area contributed by atoms with E-state index in [4.69, 9.17) is 16.7 Å². The van der Waals surface area contributed by atoms with Gasteiger partial charge in [0, 0.05) is 0 Å². The molecule has 0 fully saturated rings. The van der Waals surface area contributed by atoms with Gasteiger partial charge in [0.1, 0.15) is 11.7 Å². The van der Waals surface area contributed by atoms with E-state index in [-0.39, 0.29) is 16.4 Å². The van der Waals surface area contributed by atoms with Crippen LogP contribution in [0.3, 0.4) is 0 Å². The third kappa shape index (κ3) is 1.04. The van der Waals surface area contributed by atoms with Gasteiger partial charge in [0.05, 0.1) is 10.6 Å². The summed E-state index contributed by atoms with van der Waals surface area (Å²) in [4.78, 5) is 9.88. The van der Waals surface area contributed by atoms with Crippen molar-refractivity contribution in [3.8, 4) is 0 Å². The largest absolute Gasteiger partial charge is 0.506 e. The third-order valence-electron chi connectivity index (χ3n) is 0.937. The first-order chi connectivity index (χ1) is 4.24. The molecule has 0 saturated heterocycles. The van der Waals surface area contributed by atoms with Crippen LogP contribution in [0.2, 0.25) is 0 Å². The van der Waals surface area contributed by atoms with Crippen molar-refractivity contribution in [2.75, 3.05) is 0 Å². The number of aliphatic hydroxyl groups is 1. The monoisotopic (exact) mass is 142 g/mol. The van der Waals surface area contributed by atoms with Crippen molar-refractivity contribution in [3.63, 3.8) is 0 Å². The van der Waals surface area contributed by atoms with Crippen molar-refractivity contribution in [1.29, 1.82) is 0 Å². The lowest BCUT2D eigenvalue weighted by molar-refractivity contribution is 0.431. The van der Waals surface area contributed by atoms with Crippen LogP contribution in [0.1, 0.15) is 0 Å². The van der Waals surface area contributed by atoms with E-state index in [0.717, 1.165) is 0 Å². The van der Waals surface area contributed by atoms with E-state index < -0.39 is 0 Å². The first kappa shape index (κ1) is 6.14. The number of aliphatic hydroxyl groups excluding tert-OH is 1. The molecule has 0 radical (unpaired) electrons. The van der Waals surface area contributed by atoms with Gasteiger partial charge in [-0.15, -0.1) is 0 Å². The standard InChI is InChI=1S/C6H3ClO2/c7-5-1-4(3-8)2-6(5)9/h1-2,9H. The molecule has 0 heterocycles. The van der Waals surface area contributed by atoms with Gasteiger partial charge >= 0.3 is 0 Å². The lowest BCUT2D eigenvalue weighted by Crippen LogP contribution is -1.70. The molecule has 3 heteroatoms. The second kappa shape index (κ2) is 2.09. The second-order valence-electron chi connectivity index (χ2n) is 1.58. The Bertz CT molecular complexity index is 224. The van der Waals surface area contributed by atoms with Gasteiger partial charge < -0.3 is 5.11 Å². The topological polar surface area (TPSA) is 37.3 Å². The summed E-state index contributed by atoms with van der Waals surface area (Å²) in [6, 6.07) is 0. The van der Waals surface area contributed by atoms with Gasteiger partial charge in [-0.2, -0.15) is 0 Å². The quantitative estimate of drug-likeness (QED) is 0.518. The van der Waals surface area contributed by atoms with Crippen LogP contribution in [0, 0.1) is 0 Å². The minimum Gasteiger partial charge on any atom is -0.506 e. The molecule has 0 bridgehead atoms. The number of rotatable bonds is 0. The van der Waals surface area contributed by atoms with Gasteiger partial charge in [0.25, 0.3) is 0 Å². The van der Waals surface area contributed by atoms with Gasteiger partial charge in [0.15, 0.2) is 0 Å². The zero-order valence-corrected chi connectivity index (χ0v) is 5.14. The molecule has 1 aliphatic rings. The Hall–Kier alpha value is -0.980. The lowest BCUT2D eigenvalue weighted by atomic mass is 10.3. The maximum absolute atomic E-state index is 9.88. The van der Waals surface area contributed by atoms with Crippen molar-refractivity contribution in [2.45, 2.75) is 0 Å². The Morgan fingerprint density at radius 1 is 1.56 bits per heavy atom. The average Bonchev–Trinajstić information content (AvgIpc) is 2.13. The fourth-order valence-electron chi connectivity index (χ4n) is 0.527. The minimum absolute atomic E-state index is 0.0741. The predicted molar refractivity (Wildman–Crippen MR) is 33.9 cm³/mol. The summed E-state index contributed by atoms with van der Waals surface area (Å²) in [7, 11) is 0. The Balaban J connectivity index is 3.10. The van der Waals surface area contributed by atoms with Gasteiger partial charge in [0.2, 0.25) is 0 Å². The SMILES string of the molecule is O=C=C1C=C(O)C(Cl)=C1. The van der Waals surface area contributed by atoms with Gasteiger partial charge in [-0.05, 0) is 12.2 Å². The molecule has 0 aliphatic heterocycles. The molecule has 46 valence electrons. The molecule has 0 aromatic rings. The van der Waals surface area contributed by atoms with Crippen LogP contribution < -0.4 is 0 Å². The molecule has 1 rings (SSSR count). The fourth-order valence-corrected chi connectivity index (χ4v) is 0.699. The number of hydrogen-bond donors (Lipinski definition) is 1. The average molecular weight is 143 g/mol. The zero-order chi connectivity index (χ0) is 6.85. The van der Waals surface area contributed by atoms with Crippen LogP contribution >= 0.6 is 11.6 Å². The highest BCUT2D eigenvalue weighted by atomic mass is 35.5. The number of allylic oxidation sites excluding steroid dienone is 4. The van der Waals surface area contributed by atoms with Gasteiger partial charge in [-0.3, -0.25) is 0 Å². The molecule has 0 saturated carbocycles. The van der Waals surface area contributed by atoms with E-state index in [2.05, 4.69) is 0 Å². The first-order valence-corrected chi connectivity index (χ1v) is 2.65. The van der Waals surface area contributed by atoms with Crippen molar-refractivity contribution in [2.24, 2.45) is 0 Å². The molecule has 0 aromatic heterocycles. The highest BCUT2D eigenvalue weighted by Crippen LogP contribution is 2.21. The third-order valence-corrected chi connectivity index (χ3v) is 1.24. The fraction of sp³-hybridized carbons (Fsp3) is 0. The summed E-state index contributed by atoms with van der Waals surface area (Å²) in [5.74, 6) is 1.52. The summed E-state index contributed by atoms with van der Waals surface area (Å²) < 4.78 is 0. The molecule has 2 nitrogen and oxygen atoms in total. The molecule has 0 aromatic carbocycles. The molecule has 0 spiro atoms. The van der Waals surface area contributed by atoms with Gasteiger partial charge in [-0.1, -0.05) is 11.6 Å². The van der Waals surface area contributed by atoms with E-state index in [1.54, 1.807) is 5.94 Å². The highest BCUT2D eigenvalue weighted by molar-refractivity contribution is 6.32. The maximum atomic E-state index is 9.88. The Kier molecular flexibility index (Phi) is 1.43.